The molecule has 1 aromatic heterocycles. The van der Waals surface area contributed by atoms with Crippen LogP contribution in [0.4, 0.5) is 4.39 Å². The highest BCUT2D eigenvalue weighted by atomic mass is 35.5. The molecule has 1 unspecified atom stereocenters. The average Bonchev–Trinajstić information content (AvgIpc) is 3.32. The minimum absolute atomic E-state index is 0.0431. The predicted octanol–water partition coefficient (Wildman–Crippen LogP) is 3.62. The maximum atomic E-state index is 13.2. The SMILES string of the molecule is Cc1ccc(Cl)c2sc(=NC(=O)C3CCCN3S(=O)(=O)c3ccc(F)cc3)n(C)c12. The molecule has 0 aliphatic carbocycles. The molecule has 1 amide bonds. The van der Waals surface area contributed by atoms with E-state index in [1.54, 1.807) is 17.7 Å². The van der Waals surface area contributed by atoms with Crippen LogP contribution in [0.15, 0.2) is 46.3 Å². The Kier molecular flexibility index (Phi) is 5.56. The summed E-state index contributed by atoms with van der Waals surface area (Å²) in [5.41, 5.74) is 1.89. The fourth-order valence-corrected chi connectivity index (χ4v) is 6.72. The zero-order chi connectivity index (χ0) is 21.6. The first-order valence-electron chi connectivity index (χ1n) is 9.31. The first-order chi connectivity index (χ1) is 14.2. The molecule has 1 aliphatic rings. The summed E-state index contributed by atoms with van der Waals surface area (Å²) in [6, 6.07) is 7.41. The predicted molar refractivity (Wildman–Crippen MR) is 114 cm³/mol. The second kappa shape index (κ2) is 7.88. The largest absolute Gasteiger partial charge is 0.319 e. The molecule has 30 heavy (non-hydrogen) atoms. The number of benzene rings is 2. The Morgan fingerprint density at radius 3 is 2.60 bits per heavy atom. The number of sulfonamides is 1. The molecule has 1 aliphatic heterocycles. The Labute approximate surface area is 182 Å². The summed E-state index contributed by atoms with van der Waals surface area (Å²) < 4.78 is 43.0. The van der Waals surface area contributed by atoms with Crippen LogP contribution in [0.3, 0.4) is 0 Å². The molecule has 0 saturated carbocycles. The second-order valence-electron chi connectivity index (χ2n) is 7.16. The summed E-state index contributed by atoms with van der Waals surface area (Å²) in [7, 11) is -2.13. The topological polar surface area (TPSA) is 71.7 Å². The average molecular weight is 468 g/mol. The Balaban J connectivity index is 1.72. The Hall–Kier alpha value is -2.07. The van der Waals surface area contributed by atoms with E-state index in [-0.39, 0.29) is 11.4 Å². The van der Waals surface area contributed by atoms with Gasteiger partial charge in [-0.05, 0) is 55.7 Å². The van der Waals surface area contributed by atoms with Gasteiger partial charge in [0, 0.05) is 13.6 Å². The van der Waals surface area contributed by atoms with E-state index in [9.17, 15) is 17.6 Å². The van der Waals surface area contributed by atoms with Gasteiger partial charge in [-0.1, -0.05) is 29.0 Å². The number of aromatic nitrogens is 1. The summed E-state index contributed by atoms with van der Waals surface area (Å²) in [6.45, 7) is 2.17. The van der Waals surface area contributed by atoms with Crippen LogP contribution in [-0.4, -0.2) is 35.8 Å². The maximum Gasteiger partial charge on any atom is 0.266 e. The van der Waals surface area contributed by atoms with Crippen molar-refractivity contribution in [2.45, 2.75) is 30.7 Å². The van der Waals surface area contributed by atoms with Crippen LogP contribution in [0.5, 0.6) is 0 Å². The number of rotatable bonds is 3. The summed E-state index contributed by atoms with van der Waals surface area (Å²) in [5.74, 6) is -1.04. The molecule has 6 nitrogen and oxygen atoms in total. The van der Waals surface area contributed by atoms with Crippen molar-refractivity contribution in [3.8, 4) is 0 Å². The van der Waals surface area contributed by atoms with Gasteiger partial charge in [0.25, 0.3) is 5.91 Å². The van der Waals surface area contributed by atoms with Crippen LogP contribution in [0, 0.1) is 12.7 Å². The van der Waals surface area contributed by atoms with Gasteiger partial charge in [0.1, 0.15) is 11.9 Å². The van der Waals surface area contributed by atoms with E-state index in [4.69, 9.17) is 11.6 Å². The molecule has 10 heteroatoms. The Morgan fingerprint density at radius 2 is 1.93 bits per heavy atom. The van der Waals surface area contributed by atoms with Crippen LogP contribution in [-0.2, 0) is 21.9 Å². The van der Waals surface area contributed by atoms with E-state index in [1.165, 1.54) is 23.5 Å². The van der Waals surface area contributed by atoms with E-state index in [2.05, 4.69) is 4.99 Å². The van der Waals surface area contributed by atoms with E-state index >= 15 is 0 Å². The second-order valence-corrected chi connectivity index (χ2v) is 10.4. The molecule has 2 aromatic carbocycles. The van der Waals surface area contributed by atoms with E-state index in [1.807, 2.05) is 13.0 Å². The zero-order valence-electron chi connectivity index (χ0n) is 16.3. The molecule has 0 spiro atoms. The lowest BCUT2D eigenvalue weighted by Gasteiger charge is -2.21. The number of halogens is 2. The number of carbonyl (C=O) groups excluding carboxylic acids is 1. The fraction of sp³-hybridized carbons (Fsp3) is 0.300. The minimum Gasteiger partial charge on any atom is -0.319 e. The van der Waals surface area contributed by atoms with Crippen molar-refractivity contribution in [2.75, 3.05) is 6.54 Å². The van der Waals surface area contributed by atoms with Gasteiger partial charge < -0.3 is 4.57 Å². The number of fused-ring (bicyclic) bond motifs is 1. The van der Waals surface area contributed by atoms with Crippen LogP contribution in [0.25, 0.3) is 10.2 Å². The first kappa shape index (κ1) is 21.2. The van der Waals surface area contributed by atoms with E-state index in [0.29, 0.717) is 22.7 Å². The molecule has 1 atom stereocenters. The molecule has 0 radical (unpaired) electrons. The number of carbonyl (C=O) groups is 1. The summed E-state index contributed by atoms with van der Waals surface area (Å²) in [5, 5.41) is 0.575. The standard InChI is InChI=1S/C20H19ClFN3O3S2/c1-12-5-10-15(21)18-17(12)24(2)20(29-18)23-19(26)16-4-3-11-25(16)30(27,28)14-8-6-13(22)7-9-14/h5-10,16H,3-4,11H2,1-2H3. The number of aryl methyl sites for hydroxylation is 2. The molecule has 1 saturated heterocycles. The fourth-order valence-electron chi connectivity index (χ4n) is 3.70. The van der Waals surface area contributed by atoms with E-state index in [0.717, 1.165) is 32.2 Å². The van der Waals surface area contributed by atoms with Gasteiger partial charge in [-0.15, -0.1) is 0 Å². The smallest absolute Gasteiger partial charge is 0.266 e. The molecular weight excluding hydrogens is 449 g/mol. The van der Waals surface area contributed by atoms with Crippen molar-refractivity contribution in [1.82, 2.24) is 8.87 Å². The lowest BCUT2D eigenvalue weighted by Crippen LogP contribution is -2.40. The van der Waals surface area contributed by atoms with Gasteiger partial charge >= 0.3 is 0 Å². The molecule has 2 heterocycles. The third kappa shape index (κ3) is 3.60. The van der Waals surface area contributed by atoms with Crippen LogP contribution >= 0.6 is 22.9 Å². The van der Waals surface area contributed by atoms with Crippen LogP contribution < -0.4 is 4.80 Å². The zero-order valence-corrected chi connectivity index (χ0v) is 18.7. The maximum absolute atomic E-state index is 13.2. The Bertz CT molecular complexity index is 1310. The highest BCUT2D eigenvalue weighted by Crippen LogP contribution is 2.29. The van der Waals surface area contributed by atoms with E-state index < -0.39 is 27.8 Å². The summed E-state index contributed by atoms with van der Waals surface area (Å²) >= 11 is 7.59. The molecule has 158 valence electrons. The molecule has 0 bridgehead atoms. The van der Waals surface area contributed by atoms with Crippen molar-refractivity contribution in [3.05, 3.63) is 57.6 Å². The van der Waals surface area contributed by atoms with Crippen molar-refractivity contribution >= 4 is 49.1 Å². The third-order valence-electron chi connectivity index (χ3n) is 5.22. The molecule has 0 N–H and O–H groups in total. The summed E-state index contributed by atoms with van der Waals surface area (Å²) in [6.07, 6.45) is 0.937. The van der Waals surface area contributed by atoms with Gasteiger partial charge in [0.05, 0.1) is 20.1 Å². The van der Waals surface area contributed by atoms with Crippen molar-refractivity contribution in [3.63, 3.8) is 0 Å². The van der Waals surface area contributed by atoms with Crippen molar-refractivity contribution in [2.24, 2.45) is 12.0 Å². The normalized spacial score (nSPS) is 18.4. The molecular formula is C20H19ClFN3O3S2. The number of hydrogen-bond acceptors (Lipinski definition) is 4. The monoisotopic (exact) mass is 467 g/mol. The number of hydrogen-bond donors (Lipinski definition) is 0. The number of amides is 1. The van der Waals surface area contributed by atoms with Gasteiger partial charge in [-0.25, -0.2) is 12.8 Å². The minimum atomic E-state index is -3.93. The van der Waals surface area contributed by atoms with Gasteiger partial charge in [-0.2, -0.15) is 9.30 Å². The lowest BCUT2D eigenvalue weighted by molar-refractivity contribution is -0.121. The first-order valence-corrected chi connectivity index (χ1v) is 11.9. The van der Waals surface area contributed by atoms with Crippen molar-refractivity contribution in [1.29, 1.82) is 0 Å². The van der Waals surface area contributed by atoms with Gasteiger partial charge in [0.2, 0.25) is 10.0 Å². The van der Waals surface area contributed by atoms with Gasteiger partial charge in [0.15, 0.2) is 4.80 Å². The van der Waals surface area contributed by atoms with Crippen LogP contribution in [0.1, 0.15) is 18.4 Å². The molecule has 3 aromatic rings. The van der Waals surface area contributed by atoms with Crippen molar-refractivity contribution < 1.29 is 17.6 Å². The quantitative estimate of drug-likeness (QED) is 0.590. The Morgan fingerprint density at radius 1 is 1.23 bits per heavy atom. The number of thiazole rings is 1. The highest BCUT2D eigenvalue weighted by Gasteiger charge is 2.39. The lowest BCUT2D eigenvalue weighted by atomic mass is 10.2. The molecule has 1 fully saturated rings. The third-order valence-corrected chi connectivity index (χ3v) is 8.73. The van der Waals surface area contributed by atoms with Gasteiger partial charge in [-0.3, -0.25) is 4.79 Å². The highest BCUT2D eigenvalue weighted by molar-refractivity contribution is 7.89. The molecule has 4 rings (SSSR count). The summed E-state index contributed by atoms with van der Waals surface area (Å²) in [4.78, 5) is 17.6. The van der Waals surface area contributed by atoms with Crippen LogP contribution in [0.2, 0.25) is 5.02 Å². The number of nitrogens with zero attached hydrogens (tertiary/aromatic N) is 3.